The molecular weight excluding hydrogens is 384 g/mol. The van der Waals surface area contributed by atoms with Crippen molar-refractivity contribution in [3.05, 3.63) is 59.9 Å². The number of Topliss-reactive ketones (excluding diaryl/α,β-unsaturated/α-hetero) is 1. The second-order valence-electron chi connectivity index (χ2n) is 7.49. The third kappa shape index (κ3) is 3.91. The summed E-state index contributed by atoms with van der Waals surface area (Å²) in [5.41, 5.74) is 1.28. The topological polar surface area (TPSA) is 91.8 Å². The highest BCUT2D eigenvalue weighted by Crippen LogP contribution is 2.26. The van der Waals surface area contributed by atoms with Gasteiger partial charge in [-0.3, -0.25) is 19.5 Å². The molecule has 0 aliphatic carbocycles. The summed E-state index contributed by atoms with van der Waals surface area (Å²) in [6.07, 6.45) is 4.78. The van der Waals surface area contributed by atoms with E-state index >= 15 is 0 Å². The minimum absolute atomic E-state index is 0.0883. The predicted octanol–water partition coefficient (Wildman–Crippen LogP) is 1.86. The summed E-state index contributed by atoms with van der Waals surface area (Å²) in [5.74, 6) is 0.147. The number of nitrogens with zero attached hydrogens (tertiary/aromatic N) is 3. The molecule has 0 spiro atoms. The predicted molar refractivity (Wildman–Crippen MR) is 109 cm³/mol. The third-order valence-corrected chi connectivity index (χ3v) is 5.63. The second kappa shape index (κ2) is 8.62. The first-order valence-electron chi connectivity index (χ1n) is 10.00. The van der Waals surface area contributed by atoms with Gasteiger partial charge >= 0.3 is 6.03 Å². The first-order valence-corrected chi connectivity index (χ1v) is 10.00. The Morgan fingerprint density at radius 2 is 2.03 bits per heavy atom. The molecule has 2 aromatic rings. The largest absolute Gasteiger partial charge is 0.497 e. The number of piperidine rings is 1. The van der Waals surface area contributed by atoms with Crippen molar-refractivity contribution in [1.29, 1.82) is 0 Å². The van der Waals surface area contributed by atoms with Crippen LogP contribution >= 0.6 is 0 Å². The van der Waals surface area contributed by atoms with Gasteiger partial charge in [-0.15, -0.1) is 0 Å². The van der Waals surface area contributed by atoms with E-state index in [9.17, 15) is 14.4 Å². The SMILES string of the molecule is COc1cccc(C(=O)CN2C(=O)N(Cc3ccncc3)C(=O)C3NCCCC32)c1. The molecule has 3 heterocycles. The van der Waals surface area contributed by atoms with Gasteiger partial charge in [0.1, 0.15) is 11.8 Å². The molecule has 2 aliphatic rings. The Labute approximate surface area is 174 Å². The molecule has 0 bridgehead atoms. The fourth-order valence-electron chi connectivity index (χ4n) is 4.06. The van der Waals surface area contributed by atoms with Gasteiger partial charge in [-0.1, -0.05) is 12.1 Å². The number of carbonyl (C=O) groups excluding carboxylic acids is 3. The summed E-state index contributed by atoms with van der Waals surface area (Å²) in [6, 6.07) is 9.15. The van der Waals surface area contributed by atoms with E-state index in [1.807, 2.05) is 0 Å². The average molecular weight is 408 g/mol. The average Bonchev–Trinajstić information content (AvgIpc) is 2.80. The van der Waals surface area contributed by atoms with Gasteiger partial charge < -0.3 is 15.0 Å². The lowest BCUT2D eigenvalue weighted by molar-refractivity contribution is -0.137. The first-order chi connectivity index (χ1) is 14.6. The summed E-state index contributed by atoms with van der Waals surface area (Å²) < 4.78 is 5.20. The number of pyridine rings is 1. The quantitative estimate of drug-likeness (QED) is 0.734. The standard InChI is InChI=1S/C22H24N4O4/c1-30-17-5-2-4-16(12-17)19(27)14-25-18-6-3-9-24-20(18)21(28)26(22(25)29)13-15-7-10-23-11-8-15/h2,4-5,7-8,10-12,18,20,24H,3,6,9,13-14H2,1H3. The van der Waals surface area contributed by atoms with Crippen molar-refractivity contribution >= 4 is 17.7 Å². The van der Waals surface area contributed by atoms with Gasteiger partial charge in [0, 0.05) is 18.0 Å². The number of aromatic nitrogens is 1. The van der Waals surface area contributed by atoms with E-state index in [4.69, 9.17) is 4.74 Å². The van der Waals surface area contributed by atoms with Crippen molar-refractivity contribution < 1.29 is 19.1 Å². The molecule has 1 aromatic heterocycles. The number of imide groups is 1. The molecule has 0 radical (unpaired) electrons. The van der Waals surface area contributed by atoms with Crippen molar-refractivity contribution in [2.24, 2.45) is 0 Å². The normalized spacial score (nSPS) is 21.4. The number of benzene rings is 1. The highest BCUT2D eigenvalue weighted by molar-refractivity contribution is 6.04. The van der Waals surface area contributed by atoms with Crippen LogP contribution in [0.25, 0.3) is 0 Å². The molecule has 8 heteroatoms. The number of ether oxygens (including phenoxy) is 1. The van der Waals surface area contributed by atoms with Crippen molar-refractivity contribution in [2.75, 3.05) is 20.2 Å². The summed E-state index contributed by atoms with van der Waals surface area (Å²) in [7, 11) is 1.54. The Morgan fingerprint density at radius 1 is 1.23 bits per heavy atom. The number of urea groups is 1. The zero-order valence-corrected chi connectivity index (χ0v) is 16.8. The Kier molecular flexibility index (Phi) is 5.76. The number of fused-ring (bicyclic) bond motifs is 1. The molecule has 30 heavy (non-hydrogen) atoms. The second-order valence-corrected chi connectivity index (χ2v) is 7.49. The Hall–Kier alpha value is -3.26. The van der Waals surface area contributed by atoms with Crippen molar-refractivity contribution in [2.45, 2.75) is 31.5 Å². The molecular formula is C22H24N4O4. The van der Waals surface area contributed by atoms with Gasteiger partial charge in [-0.05, 0) is 49.2 Å². The first kappa shape index (κ1) is 20.0. The Bertz CT molecular complexity index is 949. The summed E-state index contributed by atoms with van der Waals surface area (Å²) in [4.78, 5) is 46.1. The van der Waals surface area contributed by atoms with Gasteiger partial charge in [0.2, 0.25) is 5.91 Å². The van der Waals surface area contributed by atoms with E-state index in [0.717, 1.165) is 12.0 Å². The van der Waals surface area contributed by atoms with Gasteiger partial charge in [0.25, 0.3) is 0 Å². The van der Waals surface area contributed by atoms with Crippen LogP contribution in [0.5, 0.6) is 5.75 Å². The lowest BCUT2D eigenvalue weighted by Gasteiger charge is -2.46. The maximum atomic E-state index is 13.3. The van der Waals surface area contributed by atoms with Crippen LogP contribution in [0.1, 0.15) is 28.8 Å². The van der Waals surface area contributed by atoms with Gasteiger partial charge in [-0.25, -0.2) is 4.79 Å². The Balaban J connectivity index is 1.60. The molecule has 0 saturated carbocycles. The van der Waals surface area contributed by atoms with E-state index in [2.05, 4.69) is 10.3 Å². The zero-order valence-electron chi connectivity index (χ0n) is 16.8. The highest BCUT2D eigenvalue weighted by atomic mass is 16.5. The molecule has 2 atom stereocenters. The van der Waals surface area contributed by atoms with Crippen LogP contribution in [0.15, 0.2) is 48.8 Å². The highest BCUT2D eigenvalue weighted by Gasteiger charge is 2.47. The summed E-state index contributed by atoms with van der Waals surface area (Å²) >= 11 is 0. The molecule has 2 unspecified atom stereocenters. The third-order valence-electron chi connectivity index (χ3n) is 5.63. The van der Waals surface area contributed by atoms with Crippen LogP contribution in [-0.4, -0.2) is 64.8 Å². The van der Waals surface area contributed by atoms with Gasteiger partial charge in [-0.2, -0.15) is 0 Å². The molecule has 4 rings (SSSR count). The molecule has 2 aliphatic heterocycles. The van der Waals surface area contributed by atoms with Crippen LogP contribution in [0.4, 0.5) is 4.79 Å². The molecule has 2 fully saturated rings. The number of rotatable bonds is 6. The molecule has 1 N–H and O–H groups in total. The number of methoxy groups -OCH3 is 1. The van der Waals surface area contributed by atoms with Crippen molar-refractivity contribution in [3.63, 3.8) is 0 Å². The smallest absolute Gasteiger partial charge is 0.327 e. The summed E-state index contributed by atoms with van der Waals surface area (Å²) in [5, 5.41) is 3.24. The molecule has 8 nitrogen and oxygen atoms in total. The number of hydrogen-bond donors (Lipinski definition) is 1. The maximum Gasteiger partial charge on any atom is 0.327 e. The minimum Gasteiger partial charge on any atom is -0.497 e. The van der Waals surface area contributed by atoms with Gasteiger partial charge in [0.05, 0.1) is 26.2 Å². The number of amides is 3. The van der Waals surface area contributed by atoms with Crippen molar-refractivity contribution in [1.82, 2.24) is 20.1 Å². The van der Waals surface area contributed by atoms with Crippen LogP contribution in [-0.2, 0) is 11.3 Å². The number of nitrogens with one attached hydrogen (secondary N) is 1. The molecule has 156 valence electrons. The van der Waals surface area contributed by atoms with Gasteiger partial charge in [0.15, 0.2) is 5.78 Å². The number of hydrogen-bond acceptors (Lipinski definition) is 6. The Morgan fingerprint density at radius 3 is 2.80 bits per heavy atom. The van der Waals surface area contributed by atoms with E-state index in [1.165, 1.54) is 4.90 Å². The lowest BCUT2D eigenvalue weighted by atomic mass is 9.92. The van der Waals surface area contributed by atoms with Crippen LogP contribution < -0.4 is 10.1 Å². The maximum absolute atomic E-state index is 13.3. The van der Waals surface area contributed by atoms with Crippen LogP contribution in [0.2, 0.25) is 0 Å². The van der Waals surface area contributed by atoms with Crippen molar-refractivity contribution in [3.8, 4) is 5.75 Å². The molecule has 2 saturated heterocycles. The number of ketones is 1. The minimum atomic E-state index is -0.503. The zero-order chi connectivity index (χ0) is 21.1. The van der Waals surface area contributed by atoms with Crippen LogP contribution in [0, 0.1) is 0 Å². The lowest BCUT2D eigenvalue weighted by Crippen LogP contribution is -2.69. The van der Waals surface area contributed by atoms with Crippen LogP contribution in [0.3, 0.4) is 0 Å². The van der Waals surface area contributed by atoms with E-state index in [-0.39, 0.29) is 30.8 Å². The van der Waals surface area contributed by atoms with E-state index in [0.29, 0.717) is 24.3 Å². The fraction of sp³-hybridized carbons (Fsp3) is 0.364. The van der Waals surface area contributed by atoms with E-state index in [1.54, 1.807) is 60.8 Å². The number of carbonyl (C=O) groups is 3. The molecule has 3 amide bonds. The van der Waals surface area contributed by atoms with E-state index < -0.39 is 12.1 Å². The monoisotopic (exact) mass is 408 g/mol. The molecule has 1 aromatic carbocycles. The summed E-state index contributed by atoms with van der Waals surface area (Å²) in [6.45, 7) is 0.770. The fourth-order valence-corrected chi connectivity index (χ4v) is 4.06.